The highest BCUT2D eigenvalue weighted by Gasteiger charge is 2.40. The van der Waals surface area contributed by atoms with Gasteiger partial charge in [-0.2, -0.15) is 13.2 Å². The predicted molar refractivity (Wildman–Crippen MR) is 68.7 cm³/mol. The number of amides is 3. The van der Waals surface area contributed by atoms with Gasteiger partial charge in [-0.3, -0.25) is 4.90 Å². The molecule has 1 saturated heterocycles. The number of aromatic nitrogens is 1. The molecule has 22 heavy (non-hydrogen) atoms. The normalized spacial score (nSPS) is 18.0. The van der Waals surface area contributed by atoms with Crippen LogP contribution in [0.4, 0.5) is 28.6 Å². The topological polar surface area (TPSA) is 73.7 Å². The second kappa shape index (κ2) is 4.85. The number of imide groups is 1. The van der Waals surface area contributed by atoms with Gasteiger partial charge in [0, 0.05) is 12.2 Å². The average Bonchev–Trinajstić information content (AvgIpc) is 3.01. The summed E-state index contributed by atoms with van der Waals surface area (Å²) in [6.45, 7) is -0.0947. The summed E-state index contributed by atoms with van der Waals surface area (Å²) in [6, 6.07) is -0.0287. The highest BCUT2D eigenvalue weighted by Crippen LogP contribution is 2.38. The molecule has 0 unspecified atom stereocenters. The van der Waals surface area contributed by atoms with Gasteiger partial charge in [0.25, 0.3) is 0 Å². The first-order valence-electron chi connectivity index (χ1n) is 6.71. The summed E-state index contributed by atoms with van der Waals surface area (Å²) in [5, 5.41) is 8.87. The lowest BCUT2D eigenvalue weighted by molar-refractivity contribution is -0.138. The largest absolute Gasteiger partial charge is 0.465 e. The van der Waals surface area contributed by atoms with Crippen LogP contribution in [0.25, 0.3) is 0 Å². The third-order valence-electron chi connectivity index (χ3n) is 3.86. The molecule has 1 aromatic rings. The molecule has 118 valence electrons. The number of halogens is 3. The van der Waals surface area contributed by atoms with Gasteiger partial charge in [-0.15, -0.1) is 0 Å². The summed E-state index contributed by atoms with van der Waals surface area (Å²) in [4.78, 5) is 28.5. The Kier molecular flexibility index (Phi) is 3.22. The minimum atomic E-state index is -4.53. The lowest BCUT2D eigenvalue weighted by atomic mass is 10.1. The maximum atomic E-state index is 13.2. The number of carbonyl (C=O) groups excluding carboxylic acids is 1. The van der Waals surface area contributed by atoms with Gasteiger partial charge >= 0.3 is 18.3 Å². The molecule has 0 saturated carbocycles. The molecule has 1 aliphatic carbocycles. The Morgan fingerprint density at radius 3 is 2.59 bits per heavy atom. The molecule has 9 heteroatoms. The van der Waals surface area contributed by atoms with Crippen molar-refractivity contribution in [1.29, 1.82) is 0 Å². The molecule has 2 heterocycles. The van der Waals surface area contributed by atoms with E-state index in [9.17, 15) is 22.8 Å². The van der Waals surface area contributed by atoms with E-state index in [1.165, 1.54) is 0 Å². The third-order valence-corrected chi connectivity index (χ3v) is 3.86. The van der Waals surface area contributed by atoms with E-state index in [0.29, 0.717) is 29.9 Å². The number of urea groups is 1. The molecule has 6 nitrogen and oxygen atoms in total. The number of alkyl halides is 3. The second-order valence-electron chi connectivity index (χ2n) is 5.17. The van der Waals surface area contributed by atoms with Crippen molar-refractivity contribution in [3.05, 3.63) is 22.9 Å². The summed E-state index contributed by atoms with van der Waals surface area (Å²) in [5.41, 5.74) is -0.268. The molecule has 3 rings (SSSR count). The van der Waals surface area contributed by atoms with E-state index >= 15 is 0 Å². The Morgan fingerprint density at radius 2 is 2.00 bits per heavy atom. The lowest BCUT2D eigenvalue weighted by Crippen LogP contribution is -2.35. The smallest absolute Gasteiger partial charge is 0.416 e. The van der Waals surface area contributed by atoms with Crippen molar-refractivity contribution in [3.63, 3.8) is 0 Å². The standard InChI is InChI=1S/C13H12F3N3O3/c14-13(15,16)8-6-10(17-9-3-1-2-7(8)9)18-4-5-19(11(18)20)12(21)22/h6H,1-5H2,(H,21,22). The summed E-state index contributed by atoms with van der Waals surface area (Å²) in [6.07, 6.45) is -4.63. The molecule has 1 aliphatic heterocycles. The third kappa shape index (κ3) is 2.26. The summed E-state index contributed by atoms with van der Waals surface area (Å²) < 4.78 is 39.5. The van der Waals surface area contributed by atoms with Crippen molar-refractivity contribution in [3.8, 4) is 0 Å². The van der Waals surface area contributed by atoms with E-state index in [1.807, 2.05) is 0 Å². The molecule has 1 aromatic heterocycles. The van der Waals surface area contributed by atoms with Gasteiger partial charge in [-0.05, 0) is 30.9 Å². The maximum absolute atomic E-state index is 13.2. The zero-order chi connectivity index (χ0) is 16.1. The van der Waals surface area contributed by atoms with Gasteiger partial charge in [0.2, 0.25) is 0 Å². The molecule has 0 radical (unpaired) electrons. The van der Waals surface area contributed by atoms with E-state index in [2.05, 4.69) is 4.98 Å². The number of pyridine rings is 1. The highest BCUT2D eigenvalue weighted by molar-refractivity contribution is 6.01. The molecule has 0 aromatic carbocycles. The van der Waals surface area contributed by atoms with Crippen LogP contribution in [0.15, 0.2) is 6.07 Å². The number of rotatable bonds is 1. The van der Waals surface area contributed by atoms with Crippen molar-refractivity contribution >= 4 is 17.9 Å². The predicted octanol–water partition coefficient (Wildman–Crippen LogP) is 2.51. The Labute approximate surface area is 123 Å². The van der Waals surface area contributed by atoms with Crippen LogP contribution >= 0.6 is 0 Å². The molecule has 1 fully saturated rings. The lowest BCUT2D eigenvalue weighted by Gasteiger charge is -2.19. The van der Waals surface area contributed by atoms with Gasteiger partial charge in [-0.1, -0.05) is 0 Å². The van der Waals surface area contributed by atoms with Crippen LogP contribution in [0.5, 0.6) is 0 Å². The van der Waals surface area contributed by atoms with Crippen LogP contribution in [0.3, 0.4) is 0 Å². The molecular formula is C13H12F3N3O3. The van der Waals surface area contributed by atoms with Gasteiger partial charge in [0.1, 0.15) is 5.82 Å². The molecule has 0 atom stereocenters. The Bertz CT molecular complexity index is 660. The second-order valence-corrected chi connectivity index (χ2v) is 5.17. The SMILES string of the molecule is O=C(O)N1CCN(c2cc(C(F)(F)F)c3c(n2)CCC3)C1=O. The number of hydrogen-bond acceptors (Lipinski definition) is 3. The summed E-state index contributed by atoms with van der Waals surface area (Å²) >= 11 is 0. The van der Waals surface area contributed by atoms with Gasteiger partial charge in [0.15, 0.2) is 0 Å². The van der Waals surface area contributed by atoms with Crippen LogP contribution < -0.4 is 4.90 Å². The number of nitrogens with zero attached hydrogens (tertiary/aromatic N) is 3. The van der Waals surface area contributed by atoms with Crippen molar-refractivity contribution in [2.75, 3.05) is 18.0 Å². The number of carboxylic acid groups (broad SMARTS) is 1. The van der Waals surface area contributed by atoms with Gasteiger partial charge < -0.3 is 5.11 Å². The number of anilines is 1. The fourth-order valence-corrected chi connectivity index (χ4v) is 2.85. The van der Waals surface area contributed by atoms with Crippen LogP contribution in [-0.2, 0) is 19.0 Å². The van der Waals surface area contributed by atoms with Crippen LogP contribution in [-0.4, -0.2) is 40.2 Å². The summed E-state index contributed by atoms with van der Waals surface area (Å²) in [5.74, 6) is -0.137. The zero-order valence-corrected chi connectivity index (χ0v) is 11.4. The Hall–Kier alpha value is -2.32. The van der Waals surface area contributed by atoms with E-state index in [1.54, 1.807) is 0 Å². The monoisotopic (exact) mass is 315 g/mol. The Morgan fingerprint density at radius 1 is 1.27 bits per heavy atom. The number of aryl methyl sites for hydroxylation is 1. The van der Waals surface area contributed by atoms with Crippen LogP contribution in [0.1, 0.15) is 23.2 Å². The Balaban J connectivity index is 2.03. The van der Waals surface area contributed by atoms with E-state index in [4.69, 9.17) is 5.11 Å². The molecule has 0 bridgehead atoms. The van der Waals surface area contributed by atoms with Crippen molar-refractivity contribution < 1.29 is 27.9 Å². The number of hydrogen-bond donors (Lipinski definition) is 1. The van der Waals surface area contributed by atoms with Crippen LogP contribution in [0, 0.1) is 0 Å². The minimum absolute atomic E-state index is 0.00574. The fourth-order valence-electron chi connectivity index (χ4n) is 2.85. The first-order valence-corrected chi connectivity index (χ1v) is 6.71. The maximum Gasteiger partial charge on any atom is 0.416 e. The van der Waals surface area contributed by atoms with Crippen molar-refractivity contribution in [2.24, 2.45) is 0 Å². The molecule has 2 aliphatic rings. The van der Waals surface area contributed by atoms with E-state index < -0.39 is 23.9 Å². The molecule has 1 N–H and O–H groups in total. The highest BCUT2D eigenvalue weighted by atomic mass is 19.4. The molecular weight excluding hydrogens is 303 g/mol. The molecule has 3 amide bonds. The fraction of sp³-hybridized carbons (Fsp3) is 0.462. The van der Waals surface area contributed by atoms with Gasteiger partial charge in [0.05, 0.1) is 12.1 Å². The summed E-state index contributed by atoms with van der Waals surface area (Å²) in [7, 11) is 0. The van der Waals surface area contributed by atoms with Crippen LogP contribution in [0.2, 0.25) is 0 Å². The van der Waals surface area contributed by atoms with E-state index in [-0.39, 0.29) is 24.5 Å². The number of carbonyl (C=O) groups is 2. The number of fused-ring (bicyclic) bond motifs is 1. The quantitative estimate of drug-likeness (QED) is 0.864. The van der Waals surface area contributed by atoms with Crippen molar-refractivity contribution in [1.82, 2.24) is 9.88 Å². The minimum Gasteiger partial charge on any atom is -0.465 e. The first kappa shape index (κ1) is 14.6. The first-order chi connectivity index (χ1) is 10.3. The van der Waals surface area contributed by atoms with Crippen molar-refractivity contribution in [2.45, 2.75) is 25.4 Å². The average molecular weight is 315 g/mol. The van der Waals surface area contributed by atoms with Gasteiger partial charge in [-0.25, -0.2) is 19.5 Å². The zero-order valence-electron chi connectivity index (χ0n) is 11.4. The van der Waals surface area contributed by atoms with E-state index in [0.717, 1.165) is 11.0 Å². The molecule has 0 spiro atoms.